The van der Waals surface area contributed by atoms with E-state index in [1.54, 1.807) is 0 Å². The molecule has 0 aliphatic heterocycles. The molecule has 0 aliphatic carbocycles. The van der Waals surface area contributed by atoms with Crippen molar-refractivity contribution in [3.05, 3.63) is 33.3 Å². The molecule has 0 saturated heterocycles. The average molecular weight is 324 g/mol. The molecule has 0 fully saturated rings. The number of benzene rings is 1. The minimum Gasteiger partial charge on any atom is -0.330 e. The minimum atomic E-state index is -0.629. The van der Waals surface area contributed by atoms with Gasteiger partial charge in [0.15, 0.2) is 0 Å². The van der Waals surface area contributed by atoms with Crippen molar-refractivity contribution >= 4 is 27.5 Å². The van der Waals surface area contributed by atoms with Gasteiger partial charge in [-0.15, -0.1) is 0 Å². The normalized spacial score (nSPS) is 11.1. The van der Waals surface area contributed by atoms with Gasteiger partial charge in [-0.3, -0.25) is 0 Å². The highest BCUT2D eigenvalue weighted by Crippen LogP contribution is 2.22. The number of hydrogen-bond acceptors (Lipinski definition) is 3. The average Bonchev–Trinajstić information content (AvgIpc) is 2.30. The first-order valence-corrected chi connectivity index (χ1v) is 6.63. The molecule has 5 heteroatoms. The molecular weight excluding hydrogens is 307 g/mol. The summed E-state index contributed by atoms with van der Waals surface area (Å²) in [7, 11) is 0. The molecule has 1 rings (SSSR count). The van der Waals surface area contributed by atoms with Crippen LogP contribution in [0.2, 0.25) is 5.02 Å². The molecule has 0 aliphatic rings. The predicted octanol–water partition coefficient (Wildman–Crippen LogP) is 3.98. The van der Waals surface area contributed by atoms with Crippen molar-refractivity contribution in [1.29, 1.82) is 0 Å². The maximum atomic E-state index is 5.92. The van der Waals surface area contributed by atoms with Crippen LogP contribution >= 0.6 is 27.5 Å². The summed E-state index contributed by atoms with van der Waals surface area (Å²) >= 11 is 9.35. The van der Waals surface area contributed by atoms with Gasteiger partial charge in [0.05, 0.1) is 6.61 Å². The summed E-state index contributed by atoms with van der Waals surface area (Å²) < 4.78 is 17.0. The lowest BCUT2D eigenvalue weighted by Crippen LogP contribution is -2.21. The molecule has 0 unspecified atom stereocenters. The van der Waals surface area contributed by atoms with Gasteiger partial charge in [0.1, 0.15) is 0 Å². The Balaban J connectivity index is 2.55. The van der Waals surface area contributed by atoms with Crippen molar-refractivity contribution in [3.63, 3.8) is 0 Å². The van der Waals surface area contributed by atoms with Crippen LogP contribution in [-0.4, -0.2) is 19.7 Å². The number of halogens is 2. The lowest BCUT2D eigenvalue weighted by atomic mass is 10.2. The monoisotopic (exact) mass is 322 g/mol. The van der Waals surface area contributed by atoms with E-state index in [0.717, 1.165) is 10.0 Å². The molecule has 0 N–H and O–H groups in total. The fraction of sp³-hybridized carbons (Fsp3) is 0.500. The summed E-state index contributed by atoms with van der Waals surface area (Å²) in [5, 5.41) is 0.677. The quantitative estimate of drug-likeness (QED) is 0.711. The third-order valence-corrected chi connectivity index (χ3v) is 3.00. The van der Waals surface area contributed by atoms with Gasteiger partial charge >= 0.3 is 0 Å². The summed E-state index contributed by atoms with van der Waals surface area (Å²) in [5.41, 5.74) is 0.960. The van der Waals surface area contributed by atoms with E-state index in [0.29, 0.717) is 24.8 Å². The maximum Gasteiger partial charge on any atom is 0.271 e. The Labute approximate surface area is 115 Å². The second-order valence-corrected chi connectivity index (χ2v) is 4.54. The first-order chi connectivity index (χ1) is 8.17. The Morgan fingerprint density at radius 2 is 1.82 bits per heavy atom. The van der Waals surface area contributed by atoms with Gasteiger partial charge in [-0.05, 0) is 37.6 Å². The van der Waals surface area contributed by atoms with Crippen LogP contribution in [0.15, 0.2) is 22.7 Å². The van der Waals surface area contributed by atoms with E-state index in [1.807, 2.05) is 32.0 Å². The molecule has 96 valence electrons. The standard InChI is InChI=1S/C12H16BrClO3/c1-3-15-12(16-4-2)17-8-9-7-10(14)5-6-11(9)13/h5-7,12H,3-4,8H2,1-2H3. The van der Waals surface area contributed by atoms with Crippen molar-refractivity contribution in [1.82, 2.24) is 0 Å². The molecule has 1 aromatic rings. The highest BCUT2D eigenvalue weighted by molar-refractivity contribution is 9.10. The van der Waals surface area contributed by atoms with Crippen LogP contribution in [0.25, 0.3) is 0 Å². The SMILES string of the molecule is CCOC(OCC)OCc1cc(Cl)ccc1Br. The van der Waals surface area contributed by atoms with Crippen LogP contribution in [-0.2, 0) is 20.8 Å². The smallest absolute Gasteiger partial charge is 0.271 e. The molecule has 0 heterocycles. The topological polar surface area (TPSA) is 27.7 Å². The van der Waals surface area contributed by atoms with E-state index in [4.69, 9.17) is 25.8 Å². The highest BCUT2D eigenvalue weighted by atomic mass is 79.9. The van der Waals surface area contributed by atoms with Crippen LogP contribution in [0.3, 0.4) is 0 Å². The van der Waals surface area contributed by atoms with Gasteiger partial charge in [0.25, 0.3) is 6.48 Å². The fourth-order valence-corrected chi connectivity index (χ4v) is 1.78. The van der Waals surface area contributed by atoms with Gasteiger partial charge in [0, 0.05) is 22.7 Å². The van der Waals surface area contributed by atoms with Crippen molar-refractivity contribution in [2.24, 2.45) is 0 Å². The summed E-state index contributed by atoms with van der Waals surface area (Å²) in [6.07, 6.45) is 0. The summed E-state index contributed by atoms with van der Waals surface area (Å²) in [6, 6.07) is 5.55. The predicted molar refractivity (Wildman–Crippen MR) is 71.0 cm³/mol. The van der Waals surface area contributed by atoms with E-state index in [1.165, 1.54) is 0 Å². The Hall–Kier alpha value is -0.130. The van der Waals surface area contributed by atoms with Crippen LogP contribution in [0.4, 0.5) is 0 Å². The lowest BCUT2D eigenvalue weighted by Gasteiger charge is -2.17. The molecular formula is C12H16BrClO3. The molecule has 0 atom stereocenters. The molecule has 1 aromatic carbocycles. The van der Waals surface area contributed by atoms with Crippen molar-refractivity contribution < 1.29 is 14.2 Å². The van der Waals surface area contributed by atoms with E-state index in [-0.39, 0.29) is 0 Å². The number of ether oxygens (including phenoxy) is 3. The number of hydrogen-bond donors (Lipinski definition) is 0. The molecule has 0 bridgehead atoms. The van der Waals surface area contributed by atoms with Crippen LogP contribution < -0.4 is 0 Å². The Bertz CT molecular complexity index is 341. The van der Waals surface area contributed by atoms with Gasteiger partial charge in [0.2, 0.25) is 0 Å². The van der Waals surface area contributed by atoms with E-state index >= 15 is 0 Å². The van der Waals surface area contributed by atoms with E-state index in [9.17, 15) is 0 Å². The molecule has 0 radical (unpaired) electrons. The zero-order valence-corrected chi connectivity index (χ0v) is 12.3. The number of rotatable bonds is 7. The summed E-state index contributed by atoms with van der Waals surface area (Å²) in [5.74, 6) is 0. The molecule has 0 saturated carbocycles. The van der Waals surface area contributed by atoms with Gasteiger partial charge in [-0.2, -0.15) is 0 Å². The van der Waals surface area contributed by atoms with Crippen LogP contribution in [0.1, 0.15) is 19.4 Å². The second kappa shape index (κ2) is 8.06. The Kier molecular flexibility index (Phi) is 7.08. The molecule has 0 amide bonds. The van der Waals surface area contributed by atoms with Gasteiger partial charge < -0.3 is 14.2 Å². The zero-order chi connectivity index (χ0) is 12.7. The molecule has 0 aromatic heterocycles. The highest BCUT2D eigenvalue weighted by Gasteiger charge is 2.09. The minimum absolute atomic E-state index is 0.381. The third kappa shape index (κ3) is 5.36. The van der Waals surface area contributed by atoms with Crippen LogP contribution in [0.5, 0.6) is 0 Å². The summed E-state index contributed by atoms with van der Waals surface area (Å²) in [6.45, 7) is 4.63. The third-order valence-electron chi connectivity index (χ3n) is 1.99. The van der Waals surface area contributed by atoms with Crippen molar-refractivity contribution in [2.45, 2.75) is 26.9 Å². The lowest BCUT2D eigenvalue weighted by molar-refractivity contribution is -0.289. The summed E-state index contributed by atoms with van der Waals surface area (Å²) in [4.78, 5) is 0. The van der Waals surface area contributed by atoms with Crippen molar-refractivity contribution in [3.8, 4) is 0 Å². The zero-order valence-electron chi connectivity index (χ0n) is 9.91. The maximum absolute atomic E-state index is 5.92. The fourth-order valence-electron chi connectivity index (χ4n) is 1.23. The first kappa shape index (κ1) is 14.9. The van der Waals surface area contributed by atoms with Gasteiger partial charge in [-0.25, -0.2) is 0 Å². The van der Waals surface area contributed by atoms with E-state index < -0.39 is 6.48 Å². The molecule has 3 nitrogen and oxygen atoms in total. The van der Waals surface area contributed by atoms with Gasteiger partial charge in [-0.1, -0.05) is 27.5 Å². The van der Waals surface area contributed by atoms with Crippen molar-refractivity contribution in [2.75, 3.05) is 13.2 Å². The Morgan fingerprint density at radius 3 is 2.41 bits per heavy atom. The Morgan fingerprint density at radius 1 is 1.18 bits per heavy atom. The second-order valence-electron chi connectivity index (χ2n) is 3.25. The molecule has 0 spiro atoms. The van der Waals surface area contributed by atoms with Crippen LogP contribution in [0, 0.1) is 0 Å². The first-order valence-electron chi connectivity index (χ1n) is 5.46. The largest absolute Gasteiger partial charge is 0.330 e. The van der Waals surface area contributed by atoms with E-state index in [2.05, 4.69) is 15.9 Å². The molecule has 17 heavy (non-hydrogen) atoms.